The standard InChI is InChI=1S/C21H30N2O2/c1-16-12-23(13-17(2)25-16)15-20-8-6-19(7-9-20)14-22(3)21(24)11-10-18-4-5-18/h6-11,16-18H,4-5,12-15H2,1-3H3/b11-10+/t16-,17+. The lowest BCUT2D eigenvalue weighted by Crippen LogP contribution is -2.44. The number of carbonyl (C=O) groups is 1. The Hall–Kier alpha value is -1.65. The van der Waals surface area contributed by atoms with Crippen LogP contribution < -0.4 is 0 Å². The third-order valence-electron chi connectivity index (χ3n) is 4.85. The van der Waals surface area contributed by atoms with Crippen LogP contribution in [0.5, 0.6) is 0 Å². The average Bonchev–Trinajstić information content (AvgIpc) is 3.38. The van der Waals surface area contributed by atoms with Gasteiger partial charge in [0.1, 0.15) is 0 Å². The second-order valence-electron chi connectivity index (χ2n) is 7.66. The van der Waals surface area contributed by atoms with Crippen LogP contribution >= 0.6 is 0 Å². The predicted molar refractivity (Wildman–Crippen MR) is 100 cm³/mol. The minimum atomic E-state index is 0.0901. The van der Waals surface area contributed by atoms with Crippen LogP contribution in [0.15, 0.2) is 36.4 Å². The zero-order valence-electron chi connectivity index (χ0n) is 15.6. The smallest absolute Gasteiger partial charge is 0.246 e. The number of amides is 1. The third-order valence-corrected chi connectivity index (χ3v) is 4.85. The fraction of sp³-hybridized carbons (Fsp3) is 0.571. The van der Waals surface area contributed by atoms with Crippen LogP contribution in [0.2, 0.25) is 0 Å². The van der Waals surface area contributed by atoms with E-state index in [1.54, 1.807) is 11.0 Å². The highest BCUT2D eigenvalue weighted by atomic mass is 16.5. The Morgan fingerprint density at radius 3 is 2.36 bits per heavy atom. The Morgan fingerprint density at radius 1 is 1.16 bits per heavy atom. The highest BCUT2D eigenvalue weighted by Crippen LogP contribution is 2.30. The first-order valence-electron chi connectivity index (χ1n) is 9.38. The van der Waals surface area contributed by atoms with Crippen LogP contribution in [-0.4, -0.2) is 48.1 Å². The molecule has 1 heterocycles. The molecule has 1 aromatic rings. The van der Waals surface area contributed by atoms with Gasteiger partial charge in [-0.1, -0.05) is 30.3 Å². The molecule has 25 heavy (non-hydrogen) atoms. The van der Waals surface area contributed by atoms with E-state index in [4.69, 9.17) is 4.74 Å². The van der Waals surface area contributed by atoms with Crippen molar-refractivity contribution in [1.82, 2.24) is 9.80 Å². The molecule has 2 aliphatic rings. The van der Waals surface area contributed by atoms with E-state index >= 15 is 0 Å². The lowest BCUT2D eigenvalue weighted by atomic mass is 10.1. The van der Waals surface area contributed by atoms with E-state index in [2.05, 4.69) is 43.0 Å². The third kappa shape index (κ3) is 5.68. The van der Waals surface area contributed by atoms with Crippen molar-refractivity contribution in [3.63, 3.8) is 0 Å². The molecule has 2 atom stereocenters. The summed E-state index contributed by atoms with van der Waals surface area (Å²) < 4.78 is 5.79. The van der Waals surface area contributed by atoms with Gasteiger partial charge in [-0.25, -0.2) is 0 Å². The first-order chi connectivity index (χ1) is 12.0. The number of carbonyl (C=O) groups excluding carboxylic acids is 1. The summed E-state index contributed by atoms with van der Waals surface area (Å²) >= 11 is 0. The van der Waals surface area contributed by atoms with Crippen LogP contribution in [0.3, 0.4) is 0 Å². The van der Waals surface area contributed by atoms with Crippen molar-refractivity contribution in [2.24, 2.45) is 5.92 Å². The molecule has 0 unspecified atom stereocenters. The summed E-state index contributed by atoms with van der Waals surface area (Å²) in [4.78, 5) is 16.3. The van der Waals surface area contributed by atoms with E-state index in [0.717, 1.165) is 19.6 Å². The van der Waals surface area contributed by atoms with Gasteiger partial charge in [-0.15, -0.1) is 0 Å². The summed E-state index contributed by atoms with van der Waals surface area (Å²) in [6, 6.07) is 8.63. The lowest BCUT2D eigenvalue weighted by molar-refractivity contribution is -0.125. The Labute approximate surface area is 151 Å². The molecule has 1 saturated carbocycles. The normalized spacial score (nSPS) is 24.6. The van der Waals surface area contributed by atoms with E-state index in [1.807, 2.05) is 13.1 Å². The lowest BCUT2D eigenvalue weighted by Gasteiger charge is -2.35. The molecule has 3 rings (SSSR count). The quantitative estimate of drug-likeness (QED) is 0.744. The molecular formula is C21H30N2O2. The van der Waals surface area contributed by atoms with Crippen molar-refractivity contribution in [2.75, 3.05) is 20.1 Å². The maximum Gasteiger partial charge on any atom is 0.246 e. The highest BCUT2D eigenvalue weighted by Gasteiger charge is 2.22. The van der Waals surface area contributed by atoms with Crippen molar-refractivity contribution < 1.29 is 9.53 Å². The van der Waals surface area contributed by atoms with Gasteiger partial charge >= 0.3 is 0 Å². The molecular weight excluding hydrogens is 312 g/mol. The molecule has 0 spiro atoms. The summed E-state index contributed by atoms with van der Waals surface area (Å²) in [5.41, 5.74) is 2.48. The van der Waals surface area contributed by atoms with Gasteiger partial charge in [0.05, 0.1) is 12.2 Å². The van der Waals surface area contributed by atoms with E-state index in [1.165, 1.54) is 24.0 Å². The first-order valence-corrected chi connectivity index (χ1v) is 9.38. The maximum atomic E-state index is 12.1. The number of hydrogen-bond donors (Lipinski definition) is 0. The van der Waals surface area contributed by atoms with Crippen LogP contribution in [0.25, 0.3) is 0 Å². The zero-order chi connectivity index (χ0) is 17.8. The van der Waals surface area contributed by atoms with Crippen LogP contribution in [0, 0.1) is 5.92 Å². The second-order valence-corrected chi connectivity index (χ2v) is 7.66. The summed E-state index contributed by atoms with van der Waals surface area (Å²) in [6.07, 6.45) is 6.84. The second kappa shape index (κ2) is 8.15. The van der Waals surface area contributed by atoms with Crippen molar-refractivity contribution in [2.45, 2.75) is 52.0 Å². The highest BCUT2D eigenvalue weighted by molar-refractivity contribution is 5.87. The molecule has 1 aromatic carbocycles. The number of morpholine rings is 1. The van der Waals surface area contributed by atoms with Crippen molar-refractivity contribution in [3.05, 3.63) is 47.5 Å². The monoisotopic (exact) mass is 342 g/mol. The maximum absolute atomic E-state index is 12.1. The number of allylic oxidation sites excluding steroid dienone is 1. The van der Waals surface area contributed by atoms with Gasteiger partial charge in [0, 0.05) is 33.2 Å². The Bertz CT molecular complexity index is 597. The molecule has 1 amide bonds. The number of ether oxygens (including phenoxy) is 1. The average molecular weight is 342 g/mol. The molecule has 2 fully saturated rings. The molecule has 0 bridgehead atoms. The van der Waals surface area contributed by atoms with E-state index in [-0.39, 0.29) is 5.91 Å². The van der Waals surface area contributed by atoms with Crippen molar-refractivity contribution in [3.8, 4) is 0 Å². The summed E-state index contributed by atoms with van der Waals surface area (Å²) in [5.74, 6) is 0.731. The molecule has 4 nitrogen and oxygen atoms in total. The predicted octanol–water partition coefficient (Wildman–Crippen LogP) is 3.22. The SMILES string of the molecule is C[C@@H]1CN(Cc2ccc(CN(C)C(=O)/C=C/C3CC3)cc2)C[C@H](C)O1. The molecule has 0 N–H and O–H groups in total. The Balaban J connectivity index is 1.50. The van der Waals surface area contributed by atoms with Gasteiger partial charge in [-0.05, 0) is 49.8 Å². The van der Waals surface area contributed by atoms with Gasteiger partial charge in [-0.2, -0.15) is 0 Å². The van der Waals surface area contributed by atoms with Gasteiger partial charge in [0.25, 0.3) is 0 Å². The fourth-order valence-corrected chi connectivity index (χ4v) is 3.41. The van der Waals surface area contributed by atoms with Crippen LogP contribution in [0.1, 0.15) is 37.8 Å². The number of benzene rings is 1. The van der Waals surface area contributed by atoms with E-state index in [0.29, 0.717) is 24.7 Å². The summed E-state index contributed by atoms with van der Waals surface area (Å²) in [7, 11) is 1.87. The number of rotatable bonds is 6. The van der Waals surface area contributed by atoms with Gasteiger partial charge in [0.2, 0.25) is 5.91 Å². The minimum absolute atomic E-state index is 0.0901. The number of nitrogens with zero attached hydrogens (tertiary/aromatic N) is 2. The topological polar surface area (TPSA) is 32.8 Å². The fourth-order valence-electron chi connectivity index (χ4n) is 3.41. The Morgan fingerprint density at radius 2 is 1.76 bits per heavy atom. The molecule has 1 saturated heterocycles. The molecule has 0 radical (unpaired) electrons. The minimum Gasteiger partial charge on any atom is -0.373 e. The van der Waals surface area contributed by atoms with Crippen LogP contribution in [-0.2, 0) is 22.6 Å². The molecule has 1 aliphatic carbocycles. The zero-order valence-corrected chi connectivity index (χ0v) is 15.6. The summed E-state index contributed by atoms with van der Waals surface area (Å²) in [5, 5.41) is 0. The van der Waals surface area contributed by atoms with E-state index in [9.17, 15) is 4.79 Å². The van der Waals surface area contributed by atoms with Crippen molar-refractivity contribution in [1.29, 1.82) is 0 Å². The summed E-state index contributed by atoms with van der Waals surface area (Å²) in [6.45, 7) is 7.84. The largest absolute Gasteiger partial charge is 0.373 e. The first kappa shape index (κ1) is 18.2. The van der Waals surface area contributed by atoms with E-state index < -0.39 is 0 Å². The molecule has 1 aliphatic heterocycles. The Kier molecular flexibility index (Phi) is 5.92. The van der Waals surface area contributed by atoms with Gasteiger partial charge in [-0.3, -0.25) is 9.69 Å². The molecule has 136 valence electrons. The van der Waals surface area contributed by atoms with Crippen molar-refractivity contribution >= 4 is 5.91 Å². The van der Waals surface area contributed by atoms with Gasteiger partial charge in [0.15, 0.2) is 0 Å². The van der Waals surface area contributed by atoms with Crippen LogP contribution in [0.4, 0.5) is 0 Å². The number of hydrogen-bond acceptors (Lipinski definition) is 3. The molecule has 4 heteroatoms. The van der Waals surface area contributed by atoms with Gasteiger partial charge < -0.3 is 9.64 Å². The number of likely N-dealkylation sites (N-methyl/N-ethyl adjacent to an activating group) is 1. The molecule has 0 aromatic heterocycles.